The third-order valence-electron chi connectivity index (χ3n) is 6.84. The van der Waals surface area contributed by atoms with Gasteiger partial charge in [-0.15, -0.1) is 0 Å². The van der Waals surface area contributed by atoms with Crippen molar-refractivity contribution in [3.8, 4) is 5.75 Å². The van der Waals surface area contributed by atoms with E-state index in [1.54, 1.807) is 12.1 Å². The summed E-state index contributed by atoms with van der Waals surface area (Å²) in [6.45, 7) is 7.96. The number of nitrogens with zero attached hydrogens (tertiary/aromatic N) is 1. The molecule has 0 bridgehead atoms. The molecule has 0 aromatic heterocycles. The topological polar surface area (TPSA) is 84.9 Å². The Labute approximate surface area is 237 Å². The van der Waals surface area contributed by atoms with Crippen LogP contribution in [0.1, 0.15) is 108 Å². The number of hydrogen-bond donors (Lipinski definition) is 1. The second kappa shape index (κ2) is 18.2. The molecule has 1 aliphatic heterocycles. The highest BCUT2D eigenvalue weighted by atomic mass is 79.9. The van der Waals surface area contributed by atoms with Crippen LogP contribution in [0.3, 0.4) is 0 Å². The van der Waals surface area contributed by atoms with Crippen LogP contribution < -0.4 is 10.1 Å². The molecule has 38 heavy (non-hydrogen) atoms. The molecule has 7 nitrogen and oxygen atoms in total. The van der Waals surface area contributed by atoms with Gasteiger partial charge in [0, 0.05) is 17.6 Å². The number of ether oxygens (including phenoxy) is 2. The first-order valence-electron chi connectivity index (χ1n) is 14.5. The van der Waals surface area contributed by atoms with E-state index in [4.69, 9.17) is 9.47 Å². The number of unbranched alkanes of at least 4 members (excludes halogenated alkanes) is 9. The fourth-order valence-electron chi connectivity index (χ4n) is 4.51. The number of halogens is 1. The summed E-state index contributed by atoms with van der Waals surface area (Å²) in [5, 5.41) is 2.78. The molecule has 2 rings (SSSR count). The standard InChI is InChI=1S/C30H47BrN2O5/c1-4-5-6-7-8-9-10-11-12-13-19-38-28(34)22-26-29(35)32-17-18-33(26)30(36)25-21-24(31)14-15-27(25)37-20-16-23(2)3/h14-15,21,23,26H,4-13,16-20,22H2,1-3H3,(H,32,35). The minimum absolute atomic E-state index is 0.160. The Hall–Kier alpha value is -2.09. The smallest absolute Gasteiger partial charge is 0.308 e. The molecule has 1 N–H and O–H groups in total. The van der Waals surface area contributed by atoms with Gasteiger partial charge in [0.15, 0.2) is 0 Å². The quantitative estimate of drug-likeness (QED) is 0.151. The highest BCUT2D eigenvalue weighted by Gasteiger charge is 2.36. The van der Waals surface area contributed by atoms with Gasteiger partial charge in [0.1, 0.15) is 11.8 Å². The number of benzene rings is 1. The Bertz CT molecular complexity index is 876. The molecule has 1 aliphatic rings. The molecule has 1 saturated heterocycles. The lowest BCUT2D eigenvalue weighted by molar-refractivity contribution is -0.147. The number of hydrogen-bond acceptors (Lipinski definition) is 5. The van der Waals surface area contributed by atoms with Crippen LogP contribution >= 0.6 is 15.9 Å². The van der Waals surface area contributed by atoms with Crippen molar-refractivity contribution in [3.63, 3.8) is 0 Å². The van der Waals surface area contributed by atoms with E-state index in [9.17, 15) is 14.4 Å². The van der Waals surface area contributed by atoms with Crippen LogP contribution in [-0.4, -0.2) is 55.0 Å². The molecule has 0 radical (unpaired) electrons. The molecule has 1 aromatic rings. The number of carbonyl (C=O) groups is 3. The van der Waals surface area contributed by atoms with Gasteiger partial charge in [-0.25, -0.2) is 0 Å². The van der Waals surface area contributed by atoms with E-state index < -0.39 is 12.0 Å². The summed E-state index contributed by atoms with van der Waals surface area (Å²) < 4.78 is 12.1. The van der Waals surface area contributed by atoms with Gasteiger partial charge in [-0.05, 0) is 37.0 Å². The van der Waals surface area contributed by atoms with Gasteiger partial charge in [-0.3, -0.25) is 14.4 Å². The van der Waals surface area contributed by atoms with Crippen LogP contribution in [-0.2, 0) is 14.3 Å². The highest BCUT2D eigenvalue weighted by molar-refractivity contribution is 9.10. The van der Waals surface area contributed by atoms with Gasteiger partial charge in [-0.1, -0.05) is 94.5 Å². The predicted octanol–water partition coefficient (Wildman–Crippen LogP) is 6.67. The lowest BCUT2D eigenvalue weighted by Gasteiger charge is -2.35. The van der Waals surface area contributed by atoms with Crippen molar-refractivity contribution in [1.29, 1.82) is 0 Å². The maximum atomic E-state index is 13.6. The van der Waals surface area contributed by atoms with Crippen molar-refractivity contribution < 1.29 is 23.9 Å². The van der Waals surface area contributed by atoms with Gasteiger partial charge in [0.2, 0.25) is 5.91 Å². The number of rotatable bonds is 18. The van der Waals surface area contributed by atoms with E-state index in [1.165, 1.54) is 49.8 Å². The van der Waals surface area contributed by atoms with Crippen molar-refractivity contribution in [2.45, 2.75) is 104 Å². The zero-order valence-corrected chi connectivity index (χ0v) is 25.2. The summed E-state index contributed by atoms with van der Waals surface area (Å²) in [4.78, 5) is 40.3. The van der Waals surface area contributed by atoms with Crippen LogP contribution in [0.2, 0.25) is 0 Å². The van der Waals surface area contributed by atoms with Crippen molar-refractivity contribution >= 4 is 33.7 Å². The summed E-state index contributed by atoms with van der Waals surface area (Å²) in [6, 6.07) is 4.39. The third kappa shape index (κ3) is 11.7. The maximum absolute atomic E-state index is 13.6. The van der Waals surface area contributed by atoms with Gasteiger partial charge < -0.3 is 19.7 Å². The Morgan fingerprint density at radius 2 is 1.68 bits per heavy atom. The van der Waals surface area contributed by atoms with Crippen LogP contribution in [0.4, 0.5) is 0 Å². The first kappa shape index (κ1) is 32.1. The molecular weight excluding hydrogens is 548 g/mol. The number of piperazine rings is 1. The molecule has 1 heterocycles. The highest BCUT2D eigenvalue weighted by Crippen LogP contribution is 2.27. The van der Waals surface area contributed by atoms with Gasteiger partial charge in [-0.2, -0.15) is 0 Å². The van der Waals surface area contributed by atoms with Gasteiger partial charge in [0.25, 0.3) is 5.91 Å². The van der Waals surface area contributed by atoms with Gasteiger partial charge in [0.05, 0.1) is 25.2 Å². The molecule has 214 valence electrons. The Kier molecular flexibility index (Phi) is 15.4. The number of amides is 2. The van der Waals surface area contributed by atoms with E-state index in [0.717, 1.165) is 30.2 Å². The second-order valence-electron chi connectivity index (χ2n) is 10.6. The third-order valence-corrected chi connectivity index (χ3v) is 7.33. The van der Waals surface area contributed by atoms with Crippen LogP contribution in [0.5, 0.6) is 5.75 Å². The van der Waals surface area contributed by atoms with E-state index in [0.29, 0.717) is 43.5 Å². The SMILES string of the molecule is CCCCCCCCCCCCOC(=O)CC1C(=O)NCCN1C(=O)c1cc(Br)ccc1OCCC(C)C. The monoisotopic (exact) mass is 594 g/mol. The minimum Gasteiger partial charge on any atom is -0.493 e. The summed E-state index contributed by atoms with van der Waals surface area (Å²) in [5.41, 5.74) is 0.376. The predicted molar refractivity (Wildman–Crippen MR) is 154 cm³/mol. The van der Waals surface area contributed by atoms with Gasteiger partial charge >= 0.3 is 5.97 Å². The first-order valence-corrected chi connectivity index (χ1v) is 15.3. The Morgan fingerprint density at radius 3 is 2.34 bits per heavy atom. The van der Waals surface area contributed by atoms with Crippen molar-refractivity contribution in [1.82, 2.24) is 10.2 Å². The summed E-state index contributed by atoms with van der Waals surface area (Å²) >= 11 is 3.44. The molecule has 2 amide bonds. The van der Waals surface area contributed by atoms with Crippen LogP contribution in [0.25, 0.3) is 0 Å². The van der Waals surface area contributed by atoms with E-state index in [2.05, 4.69) is 42.0 Å². The zero-order chi connectivity index (χ0) is 27.8. The fraction of sp³-hybridized carbons (Fsp3) is 0.700. The first-order chi connectivity index (χ1) is 18.3. The Morgan fingerprint density at radius 1 is 1.03 bits per heavy atom. The van der Waals surface area contributed by atoms with Crippen molar-refractivity contribution in [3.05, 3.63) is 28.2 Å². The molecule has 1 fully saturated rings. The molecule has 1 atom stereocenters. The van der Waals surface area contributed by atoms with E-state index in [1.807, 2.05) is 6.07 Å². The average Bonchev–Trinajstić information content (AvgIpc) is 2.88. The number of esters is 1. The molecular formula is C30H47BrN2O5. The van der Waals surface area contributed by atoms with Crippen LogP contribution in [0, 0.1) is 5.92 Å². The molecule has 0 aliphatic carbocycles. The van der Waals surface area contributed by atoms with Crippen molar-refractivity contribution in [2.75, 3.05) is 26.3 Å². The normalized spacial score (nSPS) is 15.4. The number of carbonyl (C=O) groups excluding carboxylic acids is 3. The lowest BCUT2D eigenvalue weighted by atomic mass is 10.1. The summed E-state index contributed by atoms with van der Waals surface area (Å²) in [5.74, 6) is -0.160. The summed E-state index contributed by atoms with van der Waals surface area (Å²) in [6.07, 6.45) is 12.8. The van der Waals surface area contributed by atoms with E-state index in [-0.39, 0.29) is 18.2 Å². The van der Waals surface area contributed by atoms with Crippen LogP contribution in [0.15, 0.2) is 22.7 Å². The molecule has 0 saturated carbocycles. The molecule has 0 spiro atoms. The molecule has 1 aromatic carbocycles. The summed E-state index contributed by atoms with van der Waals surface area (Å²) in [7, 11) is 0. The molecule has 8 heteroatoms. The molecule has 1 unspecified atom stereocenters. The maximum Gasteiger partial charge on any atom is 0.308 e. The average molecular weight is 596 g/mol. The Balaban J connectivity index is 1.84. The number of nitrogens with one attached hydrogen (secondary N) is 1. The lowest BCUT2D eigenvalue weighted by Crippen LogP contribution is -2.57. The van der Waals surface area contributed by atoms with E-state index >= 15 is 0 Å². The largest absolute Gasteiger partial charge is 0.493 e. The fourth-order valence-corrected chi connectivity index (χ4v) is 4.87. The zero-order valence-electron chi connectivity index (χ0n) is 23.6. The second-order valence-corrected chi connectivity index (χ2v) is 11.5. The van der Waals surface area contributed by atoms with Crippen molar-refractivity contribution in [2.24, 2.45) is 5.92 Å². The minimum atomic E-state index is -0.904.